The summed E-state index contributed by atoms with van der Waals surface area (Å²) in [6.45, 7) is 5.71. The van der Waals surface area contributed by atoms with Crippen LogP contribution >= 0.6 is 22.9 Å². The molecule has 1 aliphatic heterocycles. The van der Waals surface area contributed by atoms with Crippen molar-refractivity contribution in [1.82, 2.24) is 25.5 Å². The first-order valence-electron chi connectivity index (χ1n) is 11.4. The number of carbonyl (C=O) groups excluding carboxylic acids is 1. The zero-order chi connectivity index (χ0) is 23.7. The molecule has 34 heavy (non-hydrogen) atoms. The number of amides is 1. The van der Waals surface area contributed by atoms with Crippen LogP contribution in [-0.2, 0) is 6.42 Å². The molecular weight excluding hydrogens is 468 g/mol. The number of aromatic nitrogens is 4. The average Bonchev–Trinajstić information content (AvgIpc) is 3.34. The molecule has 9 heteroatoms. The number of anilines is 1. The van der Waals surface area contributed by atoms with Crippen molar-refractivity contribution in [2.75, 3.05) is 18.0 Å². The molecule has 1 aromatic carbocycles. The second kappa shape index (κ2) is 9.74. The Balaban J connectivity index is 1.56. The van der Waals surface area contributed by atoms with E-state index in [1.165, 1.54) is 0 Å². The van der Waals surface area contributed by atoms with Crippen LogP contribution < -0.4 is 10.2 Å². The monoisotopic (exact) mass is 492 g/mol. The van der Waals surface area contributed by atoms with Gasteiger partial charge in [-0.1, -0.05) is 29.9 Å². The SMILES string of the molecule is CCc1nnc(-c2ccc(C(=O)N(c3nccc4cc(Cl)cc(C)c34)C3CCCNC3)nc2)s1. The largest absolute Gasteiger partial charge is 0.315 e. The maximum atomic E-state index is 13.9. The van der Waals surface area contributed by atoms with Crippen molar-refractivity contribution in [2.45, 2.75) is 39.2 Å². The fourth-order valence-corrected chi connectivity index (χ4v) is 5.46. The Morgan fingerprint density at radius 1 is 1.24 bits per heavy atom. The van der Waals surface area contributed by atoms with Crippen molar-refractivity contribution >= 4 is 45.4 Å². The van der Waals surface area contributed by atoms with E-state index in [0.717, 1.165) is 57.7 Å². The minimum atomic E-state index is -0.166. The zero-order valence-electron chi connectivity index (χ0n) is 19.1. The summed E-state index contributed by atoms with van der Waals surface area (Å²) in [7, 11) is 0. The van der Waals surface area contributed by atoms with Crippen molar-refractivity contribution in [2.24, 2.45) is 0 Å². The normalized spacial score (nSPS) is 16.0. The minimum Gasteiger partial charge on any atom is -0.315 e. The molecule has 0 spiro atoms. The highest BCUT2D eigenvalue weighted by Crippen LogP contribution is 2.33. The first kappa shape index (κ1) is 22.8. The van der Waals surface area contributed by atoms with Gasteiger partial charge >= 0.3 is 0 Å². The Morgan fingerprint density at radius 3 is 2.82 bits per heavy atom. The number of piperidine rings is 1. The lowest BCUT2D eigenvalue weighted by Crippen LogP contribution is -2.49. The number of rotatable bonds is 5. The number of nitrogens with one attached hydrogen (secondary N) is 1. The molecule has 1 N–H and O–H groups in total. The Kier molecular flexibility index (Phi) is 6.54. The summed E-state index contributed by atoms with van der Waals surface area (Å²) in [6, 6.07) is 9.39. The van der Waals surface area contributed by atoms with E-state index in [1.54, 1.807) is 29.8 Å². The van der Waals surface area contributed by atoms with Gasteiger partial charge in [-0.15, -0.1) is 10.2 Å². The molecule has 1 fully saturated rings. The number of pyridine rings is 2. The van der Waals surface area contributed by atoms with Crippen LogP contribution in [0.15, 0.2) is 42.7 Å². The first-order chi connectivity index (χ1) is 16.5. The van der Waals surface area contributed by atoms with Gasteiger partial charge in [0.2, 0.25) is 0 Å². The van der Waals surface area contributed by atoms with Crippen LogP contribution in [0.2, 0.25) is 5.02 Å². The highest BCUT2D eigenvalue weighted by atomic mass is 35.5. The molecular formula is C25H25ClN6OS. The van der Waals surface area contributed by atoms with Gasteiger partial charge in [0.15, 0.2) is 0 Å². The lowest BCUT2D eigenvalue weighted by molar-refractivity contribution is 0.0967. The molecule has 1 aliphatic rings. The summed E-state index contributed by atoms with van der Waals surface area (Å²) in [5.41, 5.74) is 2.21. The van der Waals surface area contributed by atoms with Crippen LogP contribution in [0, 0.1) is 6.92 Å². The maximum Gasteiger partial charge on any atom is 0.278 e. The van der Waals surface area contributed by atoms with Crippen LogP contribution in [0.5, 0.6) is 0 Å². The molecule has 0 saturated carbocycles. The van der Waals surface area contributed by atoms with E-state index >= 15 is 0 Å². The standard InChI is InChI=1S/C25H25ClN6OS/c1-3-21-30-31-24(34-21)17-6-7-20(29-13-17)25(33)32(19-5-4-9-27-14-19)23-22-15(2)11-18(26)12-16(22)8-10-28-23/h6-8,10-13,19,27H,3-5,9,14H2,1-2H3. The molecule has 174 valence electrons. The molecule has 3 aromatic heterocycles. The fraction of sp³-hybridized carbons (Fsp3) is 0.320. The summed E-state index contributed by atoms with van der Waals surface area (Å²) in [6.07, 6.45) is 6.17. The summed E-state index contributed by atoms with van der Waals surface area (Å²) in [4.78, 5) is 24.9. The van der Waals surface area contributed by atoms with Crippen LogP contribution in [0.4, 0.5) is 5.82 Å². The fourth-order valence-electron chi connectivity index (χ4n) is 4.41. The molecule has 1 unspecified atom stereocenters. The van der Waals surface area contributed by atoms with Gasteiger partial charge in [0, 0.05) is 34.9 Å². The Hall–Kier alpha value is -2.94. The van der Waals surface area contributed by atoms with Gasteiger partial charge in [-0.25, -0.2) is 4.98 Å². The Morgan fingerprint density at radius 2 is 2.12 bits per heavy atom. The molecule has 7 nitrogen and oxygen atoms in total. The van der Waals surface area contributed by atoms with Crippen molar-refractivity contribution < 1.29 is 4.79 Å². The topological polar surface area (TPSA) is 83.9 Å². The predicted molar refractivity (Wildman–Crippen MR) is 137 cm³/mol. The summed E-state index contributed by atoms with van der Waals surface area (Å²) >= 11 is 7.85. The maximum absolute atomic E-state index is 13.9. The number of carbonyl (C=O) groups is 1. The van der Waals surface area contributed by atoms with Crippen LogP contribution in [0.1, 0.15) is 40.8 Å². The number of fused-ring (bicyclic) bond motifs is 1. The molecule has 0 radical (unpaired) electrons. The molecule has 4 heterocycles. The van der Waals surface area contributed by atoms with Gasteiger partial charge in [-0.2, -0.15) is 0 Å². The second-order valence-electron chi connectivity index (χ2n) is 8.42. The van der Waals surface area contributed by atoms with E-state index in [0.29, 0.717) is 23.1 Å². The highest BCUT2D eigenvalue weighted by molar-refractivity contribution is 7.14. The highest BCUT2D eigenvalue weighted by Gasteiger charge is 2.31. The zero-order valence-corrected chi connectivity index (χ0v) is 20.7. The quantitative estimate of drug-likeness (QED) is 0.418. The van der Waals surface area contributed by atoms with Crippen LogP contribution in [0.25, 0.3) is 21.3 Å². The molecule has 4 aromatic rings. The third kappa shape index (κ3) is 4.41. The van der Waals surface area contributed by atoms with E-state index in [-0.39, 0.29) is 11.9 Å². The van der Waals surface area contributed by atoms with Gasteiger partial charge in [0.05, 0.1) is 6.04 Å². The molecule has 1 saturated heterocycles. The van der Waals surface area contributed by atoms with E-state index in [2.05, 4.69) is 32.4 Å². The summed E-state index contributed by atoms with van der Waals surface area (Å²) < 4.78 is 0. The van der Waals surface area contributed by atoms with Crippen molar-refractivity contribution in [3.63, 3.8) is 0 Å². The third-order valence-corrected chi connectivity index (χ3v) is 7.42. The smallest absolute Gasteiger partial charge is 0.278 e. The van der Waals surface area contributed by atoms with Gasteiger partial charge in [0.25, 0.3) is 5.91 Å². The van der Waals surface area contributed by atoms with Crippen LogP contribution in [0.3, 0.4) is 0 Å². The number of aryl methyl sites for hydroxylation is 2. The predicted octanol–water partition coefficient (Wildman–Crippen LogP) is 5.07. The number of nitrogens with zero attached hydrogens (tertiary/aromatic N) is 5. The van der Waals surface area contributed by atoms with Crippen molar-refractivity contribution in [1.29, 1.82) is 0 Å². The minimum absolute atomic E-state index is 0.0221. The van der Waals surface area contributed by atoms with Crippen molar-refractivity contribution in [3.05, 3.63) is 64.0 Å². The molecule has 0 bridgehead atoms. The first-order valence-corrected chi connectivity index (χ1v) is 12.6. The Bertz CT molecular complexity index is 1330. The van der Waals surface area contributed by atoms with E-state index in [9.17, 15) is 4.79 Å². The number of hydrogen-bond donors (Lipinski definition) is 1. The lowest BCUT2D eigenvalue weighted by atomic mass is 10.0. The summed E-state index contributed by atoms with van der Waals surface area (Å²) in [5, 5.41) is 16.2. The van der Waals surface area contributed by atoms with Crippen LogP contribution in [-0.4, -0.2) is 45.2 Å². The molecule has 0 aliphatic carbocycles. The number of halogens is 1. The van der Waals surface area contributed by atoms with Gasteiger partial charge in [-0.05, 0) is 74.0 Å². The second-order valence-corrected chi connectivity index (χ2v) is 9.92. The van der Waals surface area contributed by atoms with Gasteiger partial charge in [-0.3, -0.25) is 14.7 Å². The lowest BCUT2D eigenvalue weighted by Gasteiger charge is -2.34. The Labute approximate surface area is 207 Å². The average molecular weight is 493 g/mol. The third-order valence-electron chi connectivity index (χ3n) is 6.09. The van der Waals surface area contributed by atoms with Crippen molar-refractivity contribution in [3.8, 4) is 10.6 Å². The molecule has 5 rings (SSSR count). The number of hydrogen-bond acceptors (Lipinski definition) is 7. The van der Waals surface area contributed by atoms with E-state index < -0.39 is 0 Å². The van der Waals surface area contributed by atoms with Gasteiger partial charge in [0.1, 0.15) is 21.5 Å². The van der Waals surface area contributed by atoms with E-state index in [4.69, 9.17) is 11.6 Å². The molecule has 1 amide bonds. The number of benzene rings is 1. The molecule has 1 atom stereocenters. The summed E-state index contributed by atoms with van der Waals surface area (Å²) in [5.74, 6) is 0.481. The van der Waals surface area contributed by atoms with E-state index in [1.807, 2.05) is 36.1 Å². The van der Waals surface area contributed by atoms with Gasteiger partial charge < -0.3 is 5.32 Å².